The highest BCUT2D eigenvalue weighted by Gasteiger charge is 2.25. The van der Waals surface area contributed by atoms with E-state index in [-0.39, 0.29) is 32.3 Å². The van der Waals surface area contributed by atoms with Crippen molar-refractivity contribution >= 4 is 13.8 Å². The van der Waals surface area contributed by atoms with E-state index in [9.17, 15) is 14.3 Å². The Kier molecular flexibility index (Phi) is 51.1. The number of hydrogen-bond acceptors (Lipinski definition) is 7. The molecule has 0 aliphatic carbocycles. The van der Waals surface area contributed by atoms with Crippen LogP contribution in [0.25, 0.3) is 0 Å². The molecule has 0 aromatic rings. The van der Waals surface area contributed by atoms with Crippen molar-refractivity contribution < 1.29 is 32.8 Å². The van der Waals surface area contributed by atoms with Crippen molar-refractivity contribution in [1.82, 2.24) is 0 Å². The van der Waals surface area contributed by atoms with Crippen LogP contribution in [0.3, 0.4) is 0 Å². The van der Waals surface area contributed by atoms with E-state index in [1.807, 2.05) is 0 Å². The van der Waals surface area contributed by atoms with Crippen LogP contribution in [0.15, 0.2) is 24.3 Å². The quantitative estimate of drug-likeness (QED) is 0.0268. The molecule has 3 N–H and O–H groups in total. The van der Waals surface area contributed by atoms with Gasteiger partial charge in [0.25, 0.3) is 0 Å². The molecular weight excluding hydrogens is 806 g/mol. The zero-order valence-electron chi connectivity index (χ0n) is 41.8. The molecule has 0 spiro atoms. The second kappa shape index (κ2) is 52.0. The minimum absolute atomic E-state index is 0.0942. The predicted octanol–water partition coefficient (Wildman–Crippen LogP) is 17.2. The van der Waals surface area contributed by atoms with Gasteiger partial charge in [0.1, 0.15) is 6.10 Å². The predicted molar refractivity (Wildman–Crippen MR) is 270 cm³/mol. The van der Waals surface area contributed by atoms with E-state index >= 15 is 0 Å². The molecule has 0 aliphatic heterocycles. The molecule has 0 heterocycles. The van der Waals surface area contributed by atoms with Gasteiger partial charge in [0.15, 0.2) is 0 Å². The molecule has 0 aromatic carbocycles. The van der Waals surface area contributed by atoms with Crippen molar-refractivity contribution in [3.63, 3.8) is 0 Å². The van der Waals surface area contributed by atoms with E-state index in [2.05, 4.69) is 38.2 Å². The summed E-state index contributed by atoms with van der Waals surface area (Å²) in [5.41, 5.74) is 5.40. The monoisotopic (exact) mass is 912 g/mol. The molecule has 0 rings (SSSR count). The average Bonchev–Trinajstić information content (AvgIpc) is 3.28. The summed E-state index contributed by atoms with van der Waals surface area (Å²) in [6, 6.07) is 0. The molecular formula is C54H106NO7P. The SMILES string of the molecule is CCCCCC/C=C\C/C=C\CCCCCCCCCCOCC(COP(=O)(O)OCCN)OC(=O)CCCCCCCCCCCCCCCCCCCCCCCCCCC. The van der Waals surface area contributed by atoms with E-state index in [1.165, 1.54) is 218 Å². The van der Waals surface area contributed by atoms with Gasteiger partial charge in [-0.3, -0.25) is 13.8 Å². The standard InChI is InChI=1S/C54H106NO7P/c1-3-5-7-9-11-13-15-17-19-21-23-24-25-26-27-28-29-31-33-35-37-39-41-43-45-47-54(56)62-53(52-61-63(57,58)60-50-48-55)51-59-49-46-44-42-40-38-36-34-32-30-22-20-18-16-14-12-10-8-6-4-2/h14,16,20,22,53H,3-13,15,17-19,21,23-52,55H2,1-2H3,(H,57,58)/b16-14-,22-20-. The summed E-state index contributed by atoms with van der Waals surface area (Å²) in [5, 5.41) is 0. The molecule has 63 heavy (non-hydrogen) atoms. The average molecular weight is 912 g/mol. The lowest BCUT2D eigenvalue weighted by atomic mass is 10.0. The summed E-state index contributed by atoms with van der Waals surface area (Å²) in [7, 11) is -4.28. The number of carbonyl (C=O) groups is 1. The number of phosphoric ester groups is 1. The number of esters is 1. The first-order valence-electron chi connectivity index (χ1n) is 27.3. The summed E-state index contributed by atoms with van der Waals surface area (Å²) in [5.74, 6) is -0.325. The van der Waals surface area contributed by atoms with Crippen LogP contribution < -0.4 is 5.73 Å². The van der Waals surface area contributed by atoms with Crippen LogP contribution in [0.1, 0.15) is 277 Å². The third-order valence-corrected chi connectivity index (χ3v) is 13.1. The Morgan fingerprint density at radius 1 is 0.476 bits per heavy atom. The maximum atomic E-state index is 12.7. The lowest BCUT2D eigenvalue weighted by Gasteiger charge is -2.20. The van der Waals surface area contributed by atoms with Crippen molar-refractivity contribution in [1.29, 1.82) is 0 Å². The van der Waals surface area contributed by atoms with Gasteiger partial charge >= 0.3 is 13.8 Å². The minimum atomic E-state index is -4.28. The van der Waals surface area contributed by atoms with E-state index < -0.39 is 13.9 Å². The highest BCUT2D eigenvalue weighted by molar-refractivity contribution is 7.47. The Morgan fingerprint density at radius 2 is 0.841 bits per heavy atom. The molecule has 0 aliphatic rings. The Bertz CT molecular complexity index is 1020. The van der Waals surface area contributed by atoms with Gasteiger partial charge in [-0.05, 0) is 44.9 Å². The fourth-order valence-corrected chi connectivity index (χ4v) is 8.85. The Balaban J connectivity index is 3.86. The minimum Gasteiger partial charge on any atom is -0.457 e. The van der Waals surface area contributed by atoms with Gasteiger partial charge in [0, 0.05) is 19.6 Å². The van der Waals surface area contributed by atoms with Gasteiger partial charge < -0.3 is 20.1 Å². The lowest BCUT2D eigenvalue weighted by Crippen LogP contribution is -2.28. The first-order chi connectivity index (χ1) is 30.9. The number of hydrogen-bond donors (Lipinski definition) is 2. The van der Waals surface area contributed by atoms with E-state index in [1.54, 1.807) is 0 Å². The number of allylic oxidation sites excluding steroid dienone is 4. The zero-order chi connectivity index (χ0) is 45.8. The van der Waals surface area contributed by atoms with Gasteiger partial charge in [-0.15, -0.1) is 0 Å². The largest absolute Gasteiger partial charge is 0.472 e. The number of nitrogens with two attached hydrogens (primary N) is 1. The molecule has 0 amide bonds. The number of rotatable bonds is 53. The van der Waals surface area contributed by atoms with Crippen molar-refractivity contribution in [2.45, 2.75) is 283 Å². The first-order valence-corrected chi connectivity index (χ1v) is 28.8. The second-order valence-corrected chi connectivity index (χ2v) is 19.9. The summed E-state index contributed by atoms with van der Waals surface area (Å²) in [4.78, 5) is 22.6. The number of phosphoric acid groups is 1. The second-order valence-electron chi connectivity index (χ2n) is 18.5. The van der Waals surface area contributed by atoms with Crippen molar-refractivity contribution in [2.75, 3.05) is 33.0 Å². The Hall–Kier alpha value is -1.02. The zero-order valence-corrected chi connectivity index (χ0v) is 42.7. The highest BCUT2D eigenvalue weighted by atomic mass is 31.2. The first kappa shape index (κ1) is 62.0. The maximum Gasteiger partial charge on any atom is 0.472 e. The normalized spacial score (nSPS) is 13.4. The number of unbranched alkanes of at least 4 members (excludes halogenated alkanes) is 36. The van der Waals surface area contributed by atoms with E-state index in [0.29, 0.717) is 13.0 Å². The molecule has 0 bridgehead atoms. The van der Waals surface area contributed by atoms with Crippen LogP contribution in [0.2, 0.25) is 0 Å². The Labute approximate surface area is 391 Å². The Morgan fingerprint density at radius 3 is 1.25 bits per heavy atom. The molecule has 9 heteroatoms. The van der Waals surface area contributed by atoms with Crippen LogP contribution in [0, 0.1) is 0 Å². The van der Waals surface area contributed by atoms with Crippen LogP contribution >= 0.6 is 7.82 Å². The smallest absolute Gasteiger partial charge is 0.457 e. The fraction of sp³-hybridized carbons (Fsp3) is 0.907. The van der Waals surface area contributed by atoms with Crippen molar-refractivity contribution in [3.05, 3.63) is 24.3 Å². The van der Waals surface area contributed by atoms with Gasteiger partial charge in [-0.25, -0.2) is 4.57 Å². The van der Waals surface area contributed by atoms with Crippen LogP contribution in [0.4, 0.5) is 0 Å². The summed E-state index contributed by atoms with van der Waals surface area (Å²) in [6.45, 7) is 4.96. The molecule has 2 atom stereocenters. The summed E-state index contributed by atoms with van der Waals surface area (Å²) in [6.07, 6.45) is 60.8. The third kappa shape index (κ3) is 51.8. The van der Waals surface area contributed by atoms with Crippen molar-refractivity contribution in [3.8, 4) is 0 Å². The molecule has 0 saturated carbocycles. The fourth-order valence-electron chi connectivity index (χ4n) is 8.09. The lowest BCUT2D eigenvalue weighted by molar-refractivity contribution is -0.154. The molecule has 0 fully saturated rings. The molecule has 374 valence electrons. The van der Waals surface area contributed by atoms with E-state index in [4.69, 9.17) is 24.3 Å². The molecule has 0 radical (unpaired) electrons. The van der Waals surface area contributed by atoms with Gasteiger partial charge in [-0.2, -0.15) is 0 Å². The van der Waals surface area contributed by atoms with Gasteiger partial charge in [0.05, 0.1) is 19.8 Å². The molecule has 0 aromatic heterocycles. The topological polar surface area (TPSA) is 117 Å². The number of ether oxygens (including phenoxy) is 2. The van der Waals surface area contributed by atoms with Crippen molar-refractivity contribution in [2.24, 2.45) is 5.73 Å². The van der Waals surface area contributed by atoms with Crippen LogP contribution in [0.5, 0.6) is 0 Å². The summed E-state index contributed by atoms with van der Waals surface area (Å²) < 4.78 is 33.6. The van der Waals surface area contributed by atoms with E-state index in [0.717, 1.165) is 38.5 Å². The highest BCUT2D eigenvalue weighted by Crippen LogP contribution is 2.43. The van der Waals surface area contributed by atoms with Gasteiger partial charge in [-0.1, -0.05) is 250 Å². The number of carbonyl (C=O) groups excluding carboxylic acids is 1. The van der Waals surface area contributed by atoms with Gasteiger partial charge in [0.2, 0.25) is 0 Å². The maximum absolute atomic E-state index is 12.7. The molecule has 8 nitrogen and oxygen atoms in total. The molecule has 2 unspecified atom stereocenters. The molecule has 0 saturated heterocycles. The third-order valence-electron chi connectivity index (χ3n) is 12.1. The van der Waals surface area contributed by atoms with Crippen LogP contribution in [-0.2, 0) is 27.9 Å². The van der Waals surface area contributed by atoms with Crippen LogP contribution in [-0.4, -0.2) is 49.9 Å². The summed E-state index contributed by atoms with van der Waals surface area (Å²) >= 11 is 0.